The third-order valence-electron chi connectivity index (χ3n) is 4.86. The fraction of sp³-hybridized carbons (Fsp3) is 0.318. The van der Waals surface area contributed by atoms with Gasteiger partial charge in [0, 0.05) is 35.8 Å². The van der Waals surface area contributed by atoms with Gasteiger partial charge in [-0.3, -0.25) is 4.79 Å². The van der Waals surface area contributed by atoms with E-state index in [-0.39, 0.29) is 25.6 Å². The molecule has 0 saturated carbocycles. The van der Waals surface area contributed by atoms with E-state index >= 15 is 0 Å². The topological polar surface area (TPSA) is 63.9 Å². The second-order valence-corrected chi connectivity index (χ2v) is 6.67. The van der Waals surface area contributed by atoms with E-state index in [0.717, 1.165) is 22.0 Å². The van der Waals surface area contributed by atoms with Gasteiger partial charge in [-0.2, -0.15) is 0 Å². The minimum Gasteiger partial charge on any atom is -0.497 e. The lowest BCUT2D eigenvalue weighted by Crippen LogP contribution is -2.35. The number of aryl methyl sites for hydroxylation is 1. The number of ether oxygens (including phenoxy) is 2. The van der Waals surface area contributed by atoms with E-state index in [0.29, 0.717) is 18.0 Å². The monoisotopic (exact) mass is 382 g/mol. The van der Waals surface area contributed by atoms with Gasteiger partial charge in [0.1, 0.15) is 18.0 Å². The minimum absolute atomic E-state index is 0.0697. The van der Waals surface area contributed by atoms with Crippen LogP contribution in [0, 0.1) is 6.92 Å². The van der Waals surface area contributed by atoms with Crippen molar-refractivity contribution in [3.05, 3.63) is 59.8 Å². The second kappa shape index (κ2) is 8.80. The van der Waals surface area contributed by atoms with E-state index in [1.165, 1.54) is 0 Å². The van der Waals surface area contributed by atoms with Gasteiger partial charge < -0.3 is 24.0 Å². The van der Waals surface area contributed by atoms with Crippen molar-refractivity contribution in [2.75, 3.05) is 27.4 Å². The van der Waals surface area contributed by atoms with Crippen molar-refractivity contribution in [2.45, 2.75) is 20.0 Å². The molecule has 0 saturated heterocycles. The summed E-state index contributed by atoms with van der Waals surface area (Å²) in [5.74, 6) is 1.30. The summed E-state index contributed by atoms with van der Waals surface area (Å²) in [5, 5.41) is 10.6. The van der Waals surface area contributed by atoms with Crippen LogP contribution in [0.3, 0.4) is 0 Å². The molecule has 6 nitrogen and oxygen atoms in total. The van der Waals surface area contributed by atoms with Gasteiger partial charge in [-0.15, -0.1) is 0 Å². The highest BCUT2D eigenvalue weighted by atomic mass is 16.5. The zero-order valence-corrected chi connectivity index (χ0v) is 16.5. The quantitative estimate of drug-likeness (QED) is 0.651. The van der Waals surface area contributed by atoms with Gasteiger partial charge in [0.2, 0.25) is 5.91 Å². The fourth-order valence-corrected chi connectivity index (χ4v) is 3.43. The Bertz CT molecular complexity index is 964. The van der Waals surface area contributed by atoms with Gasteiger partial charge in [0.05, 0.1) is 20.8 Å². The summed E-state index contributed by atoms with van der Waals surface area (Å²) < 4.78 is 12.7. The molecule has 2 aromatic carbocycles. The summed E-state index contributed by atoms with van der Waals surface area (Å²) in [7, 11) is 3.19. The molecule has 6 heteroatoms. The lowest BCUT2D eigenvalue weighted by molar-refractivity contribution is -0.132. The number of carbonyl (C=O) groups excluding carboxylic acids is 1. The molecule has 0 aliphatic heterocycles. The molecule has 28 heavy (non-hydrogen) atoms. The third-order valence-corrected chi connectivity index (χ3v) is 4.86. The van der Waals surface area contributed by atoms with Crippen molar-refractivity contribution < 1.29 is 19.4 Å². The van der Waals surface area contributed by atoms with Crippen LogP contribution in [0.25, 0.3) is 10.9 Å². The molecule has 1 aromatic heterocycles. The first-order chi connectivity index (χ1) is 13.6. The van der Waals surface area contributed by atoms with Gasteiger partial charge in [0.15, 0.2) is 0 Å². The van der Waals surface area contributed by atoms with Crippen molar-refractivity contribution in [3.63, 3.8) is 0 Å². The van der Waals surface area contributed by atoms with Crippen molar-refractivity contribution in [3.8, 4) is 11.5 Å². The highest BCUT2D eigenvalue weighted by Crippen LogP contribution is 2.26. The predicted octanol–water partition coefficient (Wildman–Crippen LogP) is 2.99. The molecule has 3 rings (SSSR count). The van der Waals surface area contributed by atoms with Crippen LogP contribution in [0.4, 0.5) is 0 Å². The van der Waals surface area contributed by atoms with E-state index in [9.17, 15) is 9.90 Å². The Morgan fingerprint density at radius 1 is 1.14 bits per heavy atom. The number of amides is 1. The number of hydrogen-bond donors (Lipinski definition) is 1. The molecule has 0 aliphatic rings. The number of carbonyl (C=O) groups is 1. The first-order valence-corrected chi connectivity index (χ1v) is 9.21. The summed E-state index contributed by atoms with van der Waals surface area (Å²) in [4.78, 5) is 14.7. The molecule has 1 heterocycles. The lowest BCUT2D eigenvalue weighted by Gasteiger charge is -2.23. The van der Waals surface area contributed by atoms with Crippen molar-refractivity contribution in [1.29, 1.82) is 0 Å². The van der Waals surface area contributed by atoms with Crippen LogP contribution in [0.2, 0.25) is 0 Å². The summed E-state index contributed by atoms with van der Waals surface area (Å²) in [6, 6.07) is 13.5. The average Bonchev–Trinajstić information content (AvgIpc) is 3.03. The normalized spacial score (nSPS) is 10.9. The second-order valence-electron chi connectivity index (χ2n) is 6.67. The first kappa shape index (κ1) is 19.8. The number of rotatable bonds is 8. The molecule has 0 aliphatic carbocycles. The molecule has 0 atom stereocenters. The maximum absolute atomic E-state index is 13.0. The molecule has 1 amide bonds. The summed E-state index contributed by atoms with van der Waals surface area (Å²) in [6.45, 7) is 2.72. The SMILES string of the molecule is COc1ccc(OC)c(CN(CCO)C(=O)Cn2cc(C)c3ccccc32)c1. The van der Waals surface area contributed by atoms with Crippen molar-refractivity contribution in [2.24, 2.45) is 0 Å². The predicted molar refractivity (Wildman–Crippen MR) is 109 cm³/mol. The van der Waals surface area contributed by atoms with Crippen LogP contribution in [0.1, 0.15) is 11.1 Å². The Labute approximate surface area is 164 Å². The molecule has 0 spiro atoms. The van der Waals surface area contributed by atoms with Gasteiger partial charge in [-0.25, -0.2) is 0 Å². The van der Waals surface area contributed by atoms with E-state index in [1.54, 1.807) is 19.1 Å². The average molecular weight is 382 g/mol. The maximum Gasteiger partial charge on any atom is 0.242 e. The number of aromatic nitrogens is 1. The van der Waals surface area contributed by atoms with Gasteiger partial charge in [-0.05, 0) is 36.8 Å². The zero-order chi connectivity index (χ0) is 20.1. The summed E-state index contributed by atoms with van der Waals surface area (Å²) in [5.41, 5.74) is 2.99. The standard InChI is InChI=1S/C22H26N2O4/c1-16-13-24(20-7-5-4-6-19(16)20)15-22(26)23(10-11-25)14-17-12-18(27-2)8-9-21(17)28-3/h4-9,12-13,25H,10-11,14-15H2,1-3H3. The van der Waals surface area contributed by atoms with Crippen LogP contribution in [-0.4, -0.2) is 47.9 Å². The summed E-state index contributed by atoms with van der Waals surface area (Å²) in [6.07, 6.45) is 1.99. The molecule has 0 bridgehead atoms. The number of fused-ring (bicyclic) bond motifs is 1. The minimum atomic E-state index is -0.108. The third kappa shape index (κ3) is 4.12. The number of para-hydroxylation sites is 1. The molecule has 0 unspecified atom stereocenters. The zero-order valence-electron chi connectivity index (χ0n) is 16.5. The highest BCUT2D eigenvalue weighted by molar-refractivity contribution is 5.86. The largest absolute Gasteiger partial charge is 0.497 e. The Kier molecular flexibility index (Phi) is 6.21. The number of aliphatic hydroxyl groups excluding tert-OH is 1. The lowest BCUT2D eigenvalue weighted by atomic mass is 10.1. The molecular formula is C22H26N2O4. The van der Waals surface area contributed by atoms with E-state index in [1.807, 2.05) is 54.1 Å². The van der Waals surface area contributed by atoms with Crippen LogP contribution < -0.4 is 9.47 Å². The molecule has 1 N–H and O–H groups in total. The Balaban J connectivity index is 1.85. The molecule has 0 fully saturated rings. The Morgan fingerprint density at radius 3 is 2.64 bits per heavy atom. The number of benzene rings is 2. The molecule has 0 radical (unpaired) electrons. The van der Waals surface area contributed by atoms with Crippen LogP contribution in [0.5, 0.6) is 11.5 Å². The Morgan fingerprint density at radius 2 is 1.93 bits per heavy atom. The molecule has 148 valence electrons. The fourth-order valence-electron chi connectivity index (χ4n) is 3.43. The first-order valence-electron chi connectivity index (χ1n) is 9.21. The number of methoxy groups -OCH3 is 2. The van der Waals surface area contributed by atoms with Gasteiger partial charge >= 0.3 is 0 Å². The molecule has 3 aromatic rings. The van der Waals surface area contributed by atoms with E-state index in [2.05, 4.69) is 6.07 Å². The van der Waals surface area contributed by atoms with Crippen LogP contribution in [0.15, 0.2) is 48.7 Å². The molecular weight excluding hydrogens is 356 g/mol. The smallest absolute Gasteiger partial charge is 0.242 e. The summed E-state index contributed by atoms with van der Waals surface area (Å²) >= 11 is 0. The van der Waals surface area contributed by atoms with Gasteiger partial charge in [0.25, 0.3) is 0 Å². The van der Waals surface area contributed by atoms with E-state index in [4.69, 9.17) is 9.47 Å². The highest BCUT2D eigenvalue weighted by Gasteiger charge is 2.18. The number of nitrogens with zero attached hydrogens (tertiary/aromatic N) is 2. The Hall–Kier alpha value is -2.99. The van der Waals surface area contributed by atoms with Gasteiger partial charge in [-0.1, -0.05) is 18.2 Å². The van der Waals surface area contributed by atoms with Crippen molar-refractivity contribution in [1.82, 2.24) is 9.47 Å². The number of hydrogen-bond acceptors (Lipinski definition) is 4. The van der Waals surface area contributed by atoms with Crippen LogP contribution >= 0.6 is 0 Å². The van der Waals surface area contributed by atoms with Crippen molar-refractivity contribution >= 4 is 16.8 Å². The van der Waals surface area contributed by atoms with Crippen LogP contribution in [-0.2, 0) is 17.9 Å². The van der Waals surface area contributed by atoms with E-state index < -0.39 is 0 Å². The number of aliphatic hydroxyl groups is 1. The maximum atomic E-state index is 13.0.